The van der Waals surface area contributed by atoms with Gasteiger partial charge in [0.05, 0.1) is 0 Å². The molecule has 6 nitrogen and oxygen atoms in total. The van der Waals surface area contributed by atoms with Crippen molar-refractivity contribution >= 4 is 35.8 Å². The van der Waals surface area contributed by atoms with E-state index < -0.39 is 0 Å². The summed E-state index contributed by atoms with van der Waals surface area (Å²) in [7, 11) is 3.53. The maximum Gasteiger partial charge on any atom is 0.221 e. The van der Waals surface area contributed by atoms with Crippen LogP contribution in [0.15, 0.2) is 4.99 Å². The number of nitrogens with zero attached hydrogens (tertiary/aromatic N) is 1. The molecule has 1 aliphatic rings. The Labute approximate surface area is 170 Å². The zero-order valence-corrected chi connectivity index (χ0v) is 18.7. The van der Waals surface area contributed by atoms with Gasteiger partial charge in [0.25, 0.3) is 0 Å². The Morgan fingerprint density at radius 3 is 2.52 bits per heavy atom. The lowest BCUT2D eigenvalue weighted by Gasteiger charge is -2.30. The van der Waals surface area contributed by atoms with E-state index in [1.54, 1.807) is 14.2 Å². The van der Waals surface area contributed by atoms with Gasteiger partial charge in [-0.15, -0.1) is 24.0 Å². The average Bonchev–Trinajstić information content (AvgIpc) is 3.05. The van der Waals surface area contributed by atoms with Gasteiger partial charge in [-0.1, -0.05) is 19.8 Å². The van der Waals surface area contributed by atoms with E-state index in [0.29, 0.717) is 18.4 Å². The Hall–Kier alpha value is -0.570. The molecule has 0 saturated heterocycles. The number of hydrogen-bond acceptors (Lipinski definition) is 3. The van der Waals surface area contributed by atoms with Gasteiger partial charge in [0, 0.05) is 46.3 Å². The van der Waals surface area contributed by atoms with E-state index in [1.807, 2.05) is 6.92 Å². The van der Waals surface area contributed by atoms with Crippen LogP contribution in [0.5, 0.6) is 0 Å². The normalized spacial score (nSPS) is 17.5. The van der Waals surface area contributed by atoms with Crippen LogP contribution in [0.1, 0.15) is 58.8 Å². The molecule has 0 aliphatic heterocycles. The molecule has 1 amide bonds. The predicted molar refractivity (Wildman–Crippen MR) is 115 cm³/mol. The lowest BCUT2D eigenvalue weighted by molar-refractivity contribution is -0.121. The van der Waals surface area contributed by atoms with E-state index in [-0.39, 0.29) is 35.9 Å². The maximum absolute atomic E-state index is 11.8. The fourth-order valence-corrected chi connectivity index (χ4v) is 3.19. The number of ether oxygens (including phenoxy) is 1. The van der Waals surface area contributed by atoms with Crippen LogP contribution in [0.4, 0.5) is 0 Å². The first-order chi connectivity index (χ1) is 11.5. The van der Waals surface area contributed by atoms with Crippen molar-refractivity contribution in [3.63, 3.8) is 0 Å². The minimum atomic E-state index is 0. The Morgan fingerprint density at radius 1 is 1.28 bits per heavy atom. The number of nitrogens with one attached hydrogen (secondary N) is 3. The van der Waals surface area contributed by atoms with Gasteiger partial charge in [0.2, 0.25) is 5.91 Å². The minimum Gasteiger partial charge on any atom is -0.385 e. The molecule has 0 aromatic carbocycles. The van der Waals surface area contributed by atoms with Gasteiger partial charge < -0.3 is 20.7 Å². The van der Waals surface area contributed by atoms with E-state index in [9.17, 15) is 4.79 Å². The number of methoxy groups -OCH3 is 1. The second-order valence-electron chi connectivity index (χ2n) is 6.93. The fraction of sp³-hybridized carbons (Fsp3) is 0.889. The first-order valence-electron chi connectivity index (χ1n) is 9.28. The Bertz CT molecular complexity index is 399. The van der Waals surface area contributed by atoms with Gasteiger partial charge in [-0.05, 0) is 38.0 Å². The molecular weight excluding hydrogens is 431 g/mol. The predicted octanol–water partition coefficient (Wildman–Crippen LogP) is 2.67. The van der Waals surface area contributed by atoms with Crippen LogP contribution >= 0.6 is 24.0 Å². The van der Waals surface area contributed by atoms with Crippen LogP contribution in [0.3, 0.4) is 0 Å². The van der Waals surface area contributed by atoms with Crippen molar-refractivity contribution in [2.45, 2.75) is 64.8 Å². The molecule has 1 unspecified atom stereocenters. The number of amides is 1. The average molecular weight is 468 g/mol. The highest BCUT2D eigenvalue weighted by atomic mass is 127. The maximum atomic E-state index is 11.8. The number of guanidine groups is 1. The molecule has 0 radical (unpaired) electrons. The molecule has 25 heavy (non-hydrogen) atoms. The second-order valence-corrected chi connectivity index (χ2v) is 6.93. The van der Waals surface area contributed by atoms with Crippen molar-refractivity contribution in [2.24, 2.45) is 10.4 Å². The fourth-order valence-electron chi connectivity index (χ4n) is 3.19. The highest BCUT2D eigenvalue weighted by molar-refractivity contribution is 14.0. The molecule has 0 aromatic heterocycles. The van der Waals surface area contributed by atoms with Crippen molar-refractivity contribution in [1.29, 1.82) is 0 Å². The molecule has 0 spiro atoms. The van der Waals surface area contributed by atoms with Crippen molar-refractivity contribution < 1.29 is 9.53 Å². The first-order valence-corrected chi connectivity index (χ1v) is 9.28. The van der Waals surface area contributed by atoms with Gasteiger partial charge >= 0.3 is 0 Å². The Morgan fingerprint density at radius 2 is 1.96 bits per heavy atom. The summed E-state index contributed by atoms with van der Waals surface area (Å²) in [5, 5.41) is 9.65. The third-order valence-corrected chi connectivity index (χ3v) is 5.02. The number of aliphatic imine (C=N–C) groups is 1. The van der Waals surface area contributed by atoms with E-state index in [4.69, 9.17) is 4.74 Å². The lowest BCUT2D eigenvalue weighted by atomic mass is 9.83. The molecule has 0 bridgehead atoms. The van der Waals surface area contributed by atoms with Crippen molar-refractivity contribution in [3.05, 3.63) is 0 Å². The third kappa shape index (κ3) is 9.63. The quantitative estimate of drug-likeness (QED) is 0.262. The van der Waals surface area contributed by atoms with Crippen LogP contribution in [-0.4, -0.2) is 51.8 Å². The SMILES string of the molecule is CCC(C)NC(=O)CCNC(=NC)NCC1(CCOC)CCCC1.I. The summed E-state index contributed by atoms with van der Waals surface area (Å²) in [5.74, 6) is 0.856. The summed E-state index contributed by atoms with van der Waals surface area (Å²) in [6, 6.07) is 0.234. The van der Waals surface area contributed by atoms with E-state index >= 15 is 0 Å². The zero-order chi connectivity index (χ0) is 17.8. The smallest absolute Gasteiger partial charge is 0.221 e. The molecule has 1 rings (SSSR count). The van der Waals surface area contributed by atoms with Crippen LogP contribution < -0.4 is 16.0 Å². The van der Waals surface area contributed by atoms with Gasteiger partial charge in [-0.25, -0.2) is 0 Å². The molecule has 3 N–H and O–H groups in total. The van der Waals surface area contributed by atoms with Gasteiger partial charge in [0.1, 0.15) is 0 Å². The van der Waals surface area contributed by atoms with Crippen molar-refractivity contribution in [3.8, 4) is 0 Å². The van der Waals surface area contributed by atoms with Crippen LogP contribution in [0.2, 0.25) is 0 Å². The van der Waals surface area contributed by atoms with E-state index in [2.05, 4.69) is 27.9 Å². The molecule has 1 atom stereocenters. The van der Waals surface area contributed by atoms with Gasteiger partial charge in [0.15, 0.2) is 5.96 Å². The summed E-state index contributed by atoms with van der Waals surface area (Å²) in [6.45, 7) is 6.40. The molecule has 0 heterocycles. The van der Waals surface area contributed by atoms with Gasteiger partial charge in [-0.2, -0.15) is 0 Å². The number of carbonyl (C=O) groups excluding carboxylic acids is 1. The third-order valence-electron chi connectivity index (χ3n) is 5.02. The molecule has 7 heteroatoms. The topological polar surface area (TPSA) is 74.8 Å². The summed E-state index contributed by atoms with van der Waals surface area (Å²) in [5.41, 5.74) is 0.321. The summed E-state index contributed by atoms with van der Waals surface area (Å²) in [4.78, 5) is 16.1. The first kappa shape index (κ1) is 24.4. The van der Waals surface area contributed by atoms with Crippen LogP contribution in [0.25, 0.3) is 0 Å². The molecule has 0 aromatic rings. The highest BCUT2D eigenvalue weighted by Crippen LogP contribution is 2.40. The van der Waals surface area contributed by atoms with Crippen molar-refractivity contribution in [1.82, 2.24) is 16.0 Å². The molecule has 1 aliphatic carbocycles. The Balaban J connectivity index is 0.00000576. The molecule has 148 valence electrons. The molecule has 1 fully saturated rings. The standard InChI is InChI=1S/C18H36N4O2.HI/c1-5-15(2)22-16(23)8-12-20-17(19-3)21-14-18(11-13-24-4)9-6-7-10-18;/h15H,5-14H2,1-4H3,(H,22,23)(H2,19,20,21);1H. The monoisotopic (exact) mass is 468 g/mol. The summed E-state index contributed by atoms with van der Waals surface area (Å²) < 4.78 is 5.28. The Kier molecular flexibility index (Phi) is 13.3. The molecular formula is C18H37IN4O2. The zero-order valence-electron chi connectivity index (χ0n) is 16.3. The number of rotatable bonds is 10. The molecule has 1 saturated carbocycles. The largest absolute Gasteiger partial charge is 0.385 e. The van der Waals surface area contributed by atoms with E-state index in [1.165, 1.54) is 25.7 Å². The number of halogens is 1. The second kappa shape index (κ2) is 13.6. The van der Waals surface area contributed by atoms with Crippen LogP contribution in [0, 0.1) is 5.41 Å². The minimum absolute atomic E-state index is 0. The number of carbonyl (C=O) groups is 1. The summed E-state index contributed by atoms with van der Waals surface area (Å²) in [6.07, 6.45) is 7.59. The highest BCUT2D eigenvalue weighted by Gasteiger charge is 2.33. The van der Waals surface area contributed by atoms with Gasteiger partial charge in [-0.3, -0.25) is 9.79 Å². The lowest BCUT2D eigenvalue weighted by Crippen LogP contribution is -2.44. The number of hydrogen-bond donors (Lipinski definition) is 3. The van der Waals surface area contributed by atoms with E-state index in [0.717, 1.165) is 32.0 Å². The van der Waals surface area contributed by atoms with Crippen LogP contribution in [-0.2, 0) is 9.53 Å². The summed E-state index contributed by atoms with van der Waals surface area (Å²) >= 11 is 0. The van der Waals surface area contributed by atoms with Crippen molar-refractivity contribution in [2.75, 3.05) is 33.9 Å².